The normalized spacial score (nSPS) is 16.0. The Morgan fingerprint density at radius 3 is 2.75 bits per heavy atom. The molecule has 0 saturated carbocycles. The van der Waals surface area contributed by atoms with E-state index in [-0.39, 0.29) is 5.69 Å². The second kappa shape index (κ2) is 7.71. The van der Waals surface area contributed by atoms with Crippen LogP contribution in [0.25, 0.3) is 0 Å². The van der Waals surface area contributed by atoms with Gasteiger partial charge < -0.3 is 15.4 Å². The van der Waals surface area contributed by atoms with Crippen LogP contribution in [0.1, 0.15) is 19.3 Å². The fourth-order valence-electron chi connectivity index (χ4n) is 1.99. The number of rotatable bonds is 7. The molecule has 0 aliphatic carbocycles. The van der Waals surface area contributed by atoms with E-state index in [1.807, 2.05) is 0 Å². The molecular formula is C12H19N5O3. The highest BCUT2D eigenvalue weighted by atomic mass is 16.6. The molecule has 1 saturated heterocycles. The maximum absolute atomic E-state index is 10.4. The van der Waals surface area contributed by atoms with Gasteiger partial charge in [-0.25, -0.2) is 9.97 Å². The van der Waals surface area contributed by atoms with Gasteiger partial charge in [0.25, 0.3) is 0 Å². The van der Waals surface area contributed by atoms with Crippen LogP contribution in [0.15, 0.2) is 12.4 Å². The van der Waals surface area contributed by atoms with Crippen molar-refractivity contribution in [2.24, 2.45) is 0 Å². The Kier molecular flexibility index (Phi) is 5.63. The molecule has 2 heterocycles. The summed E-state index contributed by atoms with van der Waals surface area (Å²) in [5.74, 6) is 0.400. The molecule has 110 valence electrons. The van der Waals surface area contributed by atoms with Gasteiger partial charge in [0.1, 0.15) is 12.4 Å². The SMILES string of the molecule is O=[N+]([O-])c1cnc(NCCCOC2CCNCC2)nc1. The molecule has 1 aliphatic rings. The Hall–Kier alpha value is -1.80. The highest BCUT2D eigenvalue weighted by molar-refractivity contribution is 5.30. The van der Waals surface area contributed by atoms with E-state index in [1.54, 1.807) is 0 Å². The molecule has 8 heteroatoms. The van der Waals surface area contributed by atoms with Gasteiger partial charge in [-0.1, -0.05) is 0 Å². The number of anilines is 1. The van der Waals surface area contributed by atoms with E-state index in [0.717, 1.165) is 32.4 Å². The average molecular weight is 281 g/mol. The Morgan fingerprint density at radius 1 is 1.40 bits per heavy atom. The lowest BCUT2D eigenvalue weighted by Gasteiger charge is -2.22. The lowest BCUT2D eigenvalue weighted by atomic mass is 10.1. The Bertz CT molecular complexity index is 420. The standard InChI is InChI=1S/C12H19N5O3/c18-17(19)10-8-15-12(16-9-10)14-4-1-7-20-11-2-5-13-6-3-11/h8-9,11,13H,1-7H2,(H,14,15,16). The molecule has 2 N–H and O–H groups in total. The summed E-state index contributed by atoms with van der Waals surface area (Å²) in [6.07, 6.45) is 5.75. The molecule has 1 aromatic rings. The molecule has 0 bridgehead atoms. The topological polar surface area (TPSA) is 102 Å². The van der Waals surface area contributed by atoms with Crippen LogP contribution in [-0.4, -0.2) is 47.2 Å². The zero-order chi connectivity index (χ0) is 14.2. The third-order valence-corrected chi connectivity index (χ3v) is 3.09. The number of nitrogens with zero attached hydrogens (tertiary/aromatic N) is 3. The van der Waals surface area contributed by atoms with Crippen molar-refractivity contribution in [1.29, 1.82) is 0 Å². The summed E-state index contributed by atoms with van der Waals surface area (Å²) in [6.45, 7) is 3.44. The summed E-state index contributed by atoms with van der Waals surface area (Å²) in [7, 11) is 0. The van der Waals surface area contributed by atoms with E-state index < -0.39 is 4.92 Å². The lowest BCUT2D eigenvalue weighted by molar-refractivity contribution is -0.385. The third kappa shape index (κ3) is 4.71. The third-order valence-electron chi connectivity index (χ3n) is 3.09. The number of piperidine rings is 1. The van der Waals surface area contributed by atoms with E-state index in [0.29, 0.717) is 25.2 Å². The van der Waals surface area contributed by atoms with Gasteiger partial charge in [0, 0.05) is 13.2 Å². The maximum Gasteiger partial charge on any atom is 0.305 e. The molecule has 0 spiro atoms. The number of nitrogens with one attached hydrogen (secondary N) is 2. The molecule has 1 fully saturated rings. The molecule has 0 radical (unpaired) electrons. The fraction of sp³-hybridized carbons (Fsp3) is 0.667. The van der Waals surface area contributed by atoms with Crippen LogP contribution in [0.5, 0.6) is 0 Å². The van der Waals surface area contributed by atoms with Gasteiger partial charge in [-0.05, 0) is 32.4 Å². The van der Waals surface area contributed by atoms with Gasteiger partial charge in [-0.2, -0.15) is 0 Å². The van der Waals surface area contributed by atoms with E-state index in [1.165, 1.54) is 12.4 Å². The number of ether oxygens (including phenoxy) is 1. The van der Waals surface area contributed by atoms with Crippen LogP contribution in [0, 0.1) is 10.1 Å². The minimum absolute atomic E-state index is 0.107. The first kappa shape index (κ1) is 14.6. The second-order valence-electron chi connectivity index (χ2n) is 4.62. The van der Waals surface area contributed by atoms with Crippen LogP contribution in [0.2, 0.25) is 0 Å². The van der Waals surface area contributed by atoms with Gasteiger partial charge in [0.05, 0.1) is 11.0 Å². The van der Waals surface area contributed by atoms with E-state index >= 15 is 0 Å². The van der Waals surface area contributed by atoms with Crippen LogP contribution in [0.4, 0.5) is 11.6 Å². The number of nitro groups is 1. The molecule has 2 rings (SSSR count). The first-order chi connectivity index (χ1) is 9.75. The number of hydrogen-bond donors (Lipinski definition) is 2. The Morgan fingerprint density at radius 2 is 2.10 bits per heavy atom. The number of aromatic nitrogens is 2. The molecule has 1 aromatic heterocycles. The summed E-state index contributed by atoms with van der Waals surface area (Å²) < 4.78 is 5.76. The van der Waals surface area contributed by atoms with E-state index in [4.69, 9.17) is 4.74 Å². The molecular weight excluding hydrogens is 262 g/mol. The largest absolute Gasteiger partial charge is 0.378 e. The molecule has 1 aliphatic heterocycles. The van der Waals surface area contributed by atoms with Crippen molar-refractivity contribution in [3.8, 4) is 0 Å². The van der Waals surface area contributed by atoms with E-state index in [9.17, 15) is 10.1 Å². The molecule has 8 nitrogen and oxygen atoms in total. The molecule has 0 amide bonds. The van der Waals surface area contributed by atoms with Crippen molar-refractivity contribution in [2.45, 2.75) is 25.4 Å². The molecule has 0 aromatic carbocycles. The average Bonchev–Trinajstić information content (AvgIpc) is 2.48. The van der Waals surface area contributed by atoms with Gasteiger partial charge in [-0.15, -0.1) is 0 Å². The fourth-order valence-corrected chi connectivity index (χ4v) is 1.99. The maximum atomic E-state index is 10.4. The zero-order valence-corrected chi connectivity index (χ0v) is 11.2. The van der Waals surface area contributed by atoms with Crippen LogP contribution >= 0.6 is 0 Å². The quantitative estimate of drug-likeness (QED) is 0.436. The van der Waals surface area contributed by atoms with Crippen LogP contribution in [-0.2, 0) is 4.74 Å². The highest BCUT2D eigenvalue weighted by Gasteiger charge is 2.12. The van der Waals surface area contributed by atoms with Gasteiger partial charge in [0.2, 0.25) is 5.95 Å². The Labute approximate surface area is 117 Å². The second-order valence-corrected chi connectivity index (χ2v) is 4.62. The smallest absolute Gasteiger partial charge is 0.305 e. The van der Waals surface area contributed by atoms with Crippen LogP contribution < -0.4 is 10.6 Å². The minimum atomic E-state index is -0.517. The Balaban J connectivity index is 1.59. The van der Waals surface area contributed by atoms with Crippen molar-refractivity contribution >= 4 is 11.6 Å². The first-order valence-electron chi connectivity index (χ1n) is 6.78. The van der Waals surface area contributed by atoms with E-state index in [2.05, 4.69) is 20.6 Å². The summed E-state index contributed by atoms with van der Waals surface area (Å²) in [5, 5.41) is 16.8. The zero-order valence-electron chi connectivity index (χ0n) is 11.2. The van der Waals surface area contributed by atoms with Gasteiger partial charge >= 0.3 is 5.69 Å². The number of hydrogen-bond acceptors (Lipinski definition) is 7. The van der Waals surface area contributed by atoms with Gasteiger partial charge in [-0.3, -0.25) is 10.1 Å². The van der Waals surface area contributed by atoms with Crippen LogP contribution in [0.3, 0.4) is 0 Å². The molecule has 0 unspecified atom stereocenters. The molecule has 0 atom stereocenters. The highest BCUT2D eigenvalue weighted by Crippen LogP contribution is 2.09. The minimum Gasteiger partial charge on any atom is -0.378 e. The van der Waals surface area contributed by atoms with Crippen molar-refractivity contribution < 1.29 is 9.66 Å². The van der Waals surface area contributed by atoms with Crippen molar-refractivity contribution in [1.82, 2.24) is 15.3 Å². The lowest BCUT2D eigenvalue weighted by Crippen LogP contribution is -2.32. The van der Waals surface area contributed by atoms with Crippen molar-refractivity contribution in [2.75, 3.05) is 31.6 Å². The monoisotopic (exact) mass is 281 g/mol. The predicted octanol–water partition coefficient (Wildman–Crippen LogP) is 0.955. The van der Waals surface area contributed by atoms with Crippen molar-refractivity contribution in [3.05, 3.63) is 22.5 Å². The first-order valence-corrected chi connectivity index (χ1v) is 6.78. The summed E-state index contributed by atoms with van der Waals surface area (Å²) in [6, 6.07) is 0. The molecule has 20 heavy (non-hydrogen) atoms. The predicted molar refractivity (Wildman–Crippen MR) is 73.6 cm³/mol. The van der Waals surface area contributed by atoms with Gasteiger partial charge in [0.15, 0.2) is 0 Å². The van der Waals surface area contributed by atoms with Crippen molar-refractivity contribution in [3.63, 3.8) is 0 Å². The summed E-state index contributed by atoms with van der Waals surface area (Å²) in [5.41, 5.74) is -0.107. The summed E-state index contributed by atoms with van der Waals surface area (Å²) in [4.78, 5) is 17.7. The summed E-state index contributed by atoms with van der Waals surface area (Å²) >= 11 is 0.